The molecule has 1 atom stereocenters. The maximum Gasteiger partial charge on any atom is 0.0270 e. The summed E-state index contributed by atoms with van der Waals surface area (Å²) in [5.41, 5.74) is 2.65. The number of hydrogen-bond donors (Lipinski definition) is 1. The normalized spacial score (nSPS) is 13.0. The third kappa shape index (κ3) is 3.80. The van der Waals surface area contributed by atoms with Gasteiger partial charge in [0, 0.05) is 12.0 Å². The molecule has 19 heavy (non-hydrogen) atoms. The van der Waals surface area contributed by atoms with Gasteiger partial charge in [0.2, 0.25) is 0 Å². The fourth-order valence-electron chi connectivity index (χ4n) is 2.11. The summed E-state index contributed by atoms with van der Waals surface area (Å²) in [5, 5.41) is 3.24. The van der Waals surface area contributed by atoms with E-state index in [1.807, 2.05) is 7.05 Å². The quantitative estimate of drug-likeness (QED) is 0.792. The van der Waals surface area contributed by atoms with Crippen LogP contribution in [0.1, 0.15) is 24.0 Å². The van der Waals surface area contributed by atoms with E-state index in [4.69, 9.17) is 0 Å². The van der Waals surface area contributed by atoms with E-state index in [0.29, 0.717) is 12.0 Å². The summed E-state index contributed by atoms with van der Waals surface area (Å²) < 4.78 is 0. The Balaban J connectivity index is 2.32. The monoisotopic (exact) mass is 251 g/mol. The molecule has 0 saturated heterocycles. The van der Waals surface area contributed by atoms with Crippen molar-refractivity contribution in [1.82, 2.24) is 5.32 Å². The van der Waals surface area contributed by atoms with Crippen molar-refractivity contribution in [3.05, 3.63) is 83.9 Å². The molecule has 2 aromatic carbocycles. The number of rotatable bonds is 5. The smallest absolute Gasteiger partial charge is 0.0270 e. The van der Waals surface area contributed by atoms with Crippen LogP contribution in [-0.2, 0) is 0 Å². The Kier molecular flexibility index (Phi) is 4.93. The summed E-state index contributed by atoms with van der Waals surface area (Å²) in [6.45, 7) is 2.16. The fourth-order valence-corrected chi connectivity index (χ4v) is 2.11. The first kappa shape index (κ1) is 13.6. The van der Waals surface area contributed by atoms with Crippen LogP contribution >= 0.6 is 0 Å². The van der Waals surface area contributed by atoms with Crippen LogP contribution in [0, 0.1) is 0 Å². The van der Waals surface area contributed by atoms with Gasteiger partial charge in [-0.05, 0) is 25.1 Å². The molecule has 0 spiro atoms. The van der Waals surface area contributed by atoms with Gasteiger partial charge in [-0.1, -0.05) is 72.8 Å². The molecule has 0 heterocycles. The van der Waals surface area contributed by atoms with Crippen LogP contribution in [0.15, 0.2) is 72.8 Å². The number of allylic oxidation sites excluding steroid dienone is 1. The maximum absolute atomic E-state index is 3.24. The second-order valence-corrected chi connectivity index (χ2v) is 4.76. The zero-order valence-electron chi connectivity index (χ0n) is 11.6. The van der Waals surface area contributed by atoms with E-state index in [1.54, 1.807) is 0 Å². The second kappa shape index (κ2) is 6.91. The molecule has 2 rings (SSSR count). The zero-order chi connectivity index (χ0) is 13.5. The minimum absolute atomic E-state index is 0.318. The highest BCUT2D eigenvalue weighted by atomic mass is 14.8. The minimum atomic E-state index is 0.318. The first-order valence-electron chi connectivity index (χ1n) is 6.76. The van der Waals surface area contributed by atoms with Crippen LogP contribution in [0.2, 0.25) is 0 Å². The van der Waals surface area contributed by atoms with Crippen molar-refractivity contribution < 1.29 is 0 Å². The lowest BCUT2D eigenvalue weighted by Gasteiger charge is -2.15. The van der Waals surface area contributed by atoms with Crippen LogP contribution in [-0.4, -0.2) is 13.1 Å². The van der Waals surface area contributed by atoms with E-state index in [1.165, 1.54) is 11.1 Å². The highest BCUT2D eigenvalue weighted by Crippen LogP contribution is 2.25. The van der Waals surface area contributed by atoms with Gasteiger partial charge in [-0.15, -0.1) is 0 Å². The fraction of sp³-hybridized carbons (Fsp3) is 0.222. The summed E-state index contributed by atoms with van der Waals surface area (Å²) in [7, 11) is 1.98. The predicted octanol–water partition coefficient (Wildman–Crippen LogP) is 3.98. The SMILES string of the molecule is CNC(C)/C=C/C(c1ccccc1)c1ccccc1. The predicted molar refractivity (Wildman–Crippen MR) is 82.4 cm³/mol. The second-order valence-electron chi connectivity index (χ2n) is 4.76. The maximum atomic E-state index is 3.24. The van der Waals surface area contributed by atoms with Gasteiger partial charge in [0.25, 0.3) is 0 Å². The summed E-state index contributed by atoms with van der Waals surface area (Å²) >= 11 is 0. The molecule has 1 unspecified atom stereocenters. The van der Waals surface area contributed by atoms with Crippen LogP contribution in [0.25, 0.3) is 0 Å². The third-order valence-electron chi connectivity index (χ3n) is 3.36. The van der Waals surface area contributed by atoms with E-state index >= 15 is 0 Å². The molecule has 0 aliphatic carbocycles. The van der Waals surface area contributed by atoms with Crippen LogP contribution in [0.5, 0.6) is 0 Å². The molecule has 2 aromatic rings. The van der Waals surface area contributed by atoms with E-state index in [0.717, 1.165) is 0 Å². The van der Waals surface area contributed by atoms with Crippen molar-refractivity contribution >= 4 is 0 Å². The van der Waals surface area contributed by atoms with Gasteiger partial charge in [0.15, 0.2) is 0 Å². The summed E-state index contributed by atoms with van der Waals surface area (Å²) in [4.78, 5) is 0. The van der Waals surface area contributed by atoms with Crippen LogP contribution in [0.4, 0.5) is 0 Å². The van der Waals surface area contributed by atoms with Crippen molar-refractivity contribution in [2.24, 2.45) is 0 Å². The lowest BCUT2D eigenvalue weighted by atomic mass is 9.90. The molecule has 0 aromatic heterocycles. The number of hydrogen-bond acceptors (Lipinski definition) is 1. The van der Waals surface area contributed by atoms with Gasteiger partial charge < -0.3 is 5.32 Å². The first-order chi connectivity index (χ1) is 9.31. The Morgan fingerprint density at radius 3 is 1.68 bits per heavy atom. The van der Waals surface area contributed by atoms with Crippen molar-refractivity contribution in [1.29, 1.82) is 0 Å². The zero-order valence-corrected chi connectivity index (χ0v) is 11.6. The Morgan fingerprint density at radius 2 is 1.26 bits per heavy atom. The van der Waals surface area contributed by atoms with Gasteiger partial charge in [-0.25, -0.2) is 0 Å². The molecule has 0 aliphatic rings. The number of nitrogens with one attached hydrogen (secondary N) is 1. The van der Waals surface area contributed by atoms with E-state index < -0.39 is 0 Å². The molecule has 0 saturated carbocycles. The average Bonchev–Trinajstić information content (AvgIpc) is 2.49. The molecule has 0 aliphatic heterocycles. The summed E-state index contributed by atoms with van der Waals surface area (Å²) in [5.74, 6) is 0.318. The Hall–Kier alpha value is -1.86. The lowest BCUT2D eigenvalue weighted by molar-refractivity contribution is 0.725. The largest absolute Gasteiger partial charge is 0.314 e. The van der Waals surface area contributed by atoms with Crippen molar-refractivity contribution in [3.63, 3.8) is 0 Å². The Labute approximate surface area is 116 Å². The van der Waals surface area contributed by atoms with Crippen molar-refractivity contribution in [2.75, 3.05) is 7.05 Å². The van der Waals surface area contributed by atoms with E-state index in [2.05, 4.69) is 85.1 Å². The Bertz CT molecular complexity index is 462. The first-order valence-corrected chi connectivity index (χ1v) is 6.76. The molecule has 1 nitrogen and oxygen atoms in total. The van der Waals surface area contributed by atoms with Gasteiger partial charge in [0.1, 0.15) is 0 Å². The number of likely N-dealkylation sites (N-methyl/N-ethyl adjacent to an activating group) is 1. The average molecular weight is 251 g/mol. The molecule has 0 radical (unpaired) electrons. The molecule has 0 amide bonds. The molecular formula is C18H21N. The van der Waals surface area contributed by atoms with Gasteiger partial charge in [-0.3, -0.25) is 0 Å². The van der Waals surface area contributed by atoms with E-state index in [9.17, 15) is 0 Å². The molecule has 1 N–H and O–H groups in total. The van der Waals surface area contributed by atoms with Crippen LogP contribution in [0.3, 0.4) is 0 Å². The third-order valence-corrected chi connectivity index (χ3v) is 3.36. The summed E-state index contributed by atoms with van der Waals surface area (Å²) in [6.07, 6.45) is 4.51. The molecule has 98 valence electrons. The van der Waals surface area contributed by atoms with Crippen LogP contribution < -0.4 is 5.32 Å². The lowest BCUT2D eigenvalue weighted by Crippen LogP contribution is -2.18. The summed E-state index contributed by atoms with van der Waals surface area (Å²) in [6, 6.07) is 21.6. The van der Waals surface area contributed by atoms with Crippen molar-refractivity contribution in [2.45, 2.75) is 18.9 Å². The Morgan fingerprint density at radius 1 is 0.789 bits per heavy atom. The van der Waals surface area contributed by atoms with Gasteiger partial charge in [0.05, 0.1) is 0 Å². The molecular weight excluding hydrogens is 230 g/mol. The minimum Gasteiger partial charge on any atom is -0.314 e. The van der Waals surface area contributed by atoms with E-state index in [-0.39, 0.29) is 0 Å². The standard InChI is InChI=1S/C18H21N/c1-15(19-2)13-14-18(16-9-5-3-6-10-16)17-11-7-4-8-12-17/h3-15,18-19H,1-2H3/b14-13+. The topological polar surface area (TPSA) is 12.0 Å². The highest BCUT2D eigenvalue weighted by molar-refractivity contribution is 5.36. The highest BCUT2D eigenvalue weighted by Gasteiger charge is 2.10. The number of benzene rings is 2. The molecule has 0 fully saturated rings. The molecule has 1 heteroatoms. The van der Waals surface area contributed by atoms with Crippen molar-refractivity contribution in [3.8, 4) is 0 Å². The van der Waals surface area contributed by atoms with Gasteiger partial charge >= 0.3 is 0 Å². The molecule has 0 bridgehead atoms. The van der Waals surface area contributed by atoms with Gasteiger partial charge in [-0.2, -0.15) is 0 Å².